The number of nitrogens with zero attached hydrogens (tertiary/aromatic N) is 2. The highest BCUT2D eigenvalue weighted by atomic mass is 32.2. The van der Waals surface area contributed by atoms with Crippen LogP contribution in [-0.2, 0) is 23.1 Å². The fourth-order valence-electron chi connectivity index (χ4n) is 1.93. The van der Waals surface area contributed by atoms with E-state index in [0.717, 1.165) is 0 Å². The predicted molar refractivity (Wildman–Crippen MR) is 76.0 cm³/mol. The first-order valence-electron chi connectivity index (χ1n) is 6.91. The van der Waals surface area contributed by atoms with Gasteiger partial charge in [-0.05, 0) is 25.0 Å². The zero-order valence-electron chi connectivity index (χ0n) is 11.5. The van der Waals surface area contributed by atoms with Crippen molar-refractivity contribution in [3.8, 4) is 0 Å². The largest absolute Gasteiger partial charge is 0.447 e. The third-order valence-corrected chi connectivity index (χ3v) is 4.60. The average molecular weight is 310 g/mol. The quantitative estimate of drug-likeness (QED) is 0.749. The van der Waals surface area contributed by atoms with E-state index in [4.69, 9.17) is 4.42 Å². The van der Waals surface area contributed by atoms with Crippen LogP contribution in [0, 0.1) is 0 Å². The molecule has 114 valence electrons. The van der Waals surface area contributed by atoms with E-state index < -0.39 is 10.0 Å². The molecule has 0 unspecified atom stereocenters. The van der Waals surface area contributed by atoms with E-state index in [2.05, 4.69) is 15.0 Å². The summed E-state index contributed by atoms with van der Waals surface area (Å²) < 4.78 is 33.8. The van der Waals surface area contributed by atoms with Crippen molar-refractivity contribution in [3.63, 3.8) is 0 Å². The number of aromatic nitrogens is 2. The second-order valence-electron chi connectivity index (χ2n) is 5.07. The highest BCUT2D eigenvalue weighted by Gasteiger charge is 2.22. The Balaban J connectivity index is 1.53. The SMILES string of the molecule is O=S(=O)(NCCn1ccnc1)c1ccc(CNC2CC2)o1. The fourth-order valence-corrected chi connectivity index (χ4v) is 2.90. The van der Waals surface area contributed by atoms with Crippen LogP contribution in [0.2, 0.25) is 0 Å². The third kappa shape index (κ3) is 3.93. The highest BCUT2D eigenvalue weighted by Crippen LogP contribution is 2.20. The van der Waals surface area contributed by atoms with Crippen LogP contribution in [0.3, 0.4) is 0 Å². The zero-order chi connectivity index (χ0) is 14.7. The Morgan fingerprint density at radius 3 is 2.95 bits per heavy atom. The average Bonchev–Trinajstić information content (AvgIpc) is 2.93. The molecule has 3 rings (SSSR count). The summed E-state index contributed by atoms with van der Waals surface area (Å²) in [6.45, 7) is 1.38. The number of sulfonamides is 1. The summed E-state index contributed by atoms with van der Waals surface area (Å²) in [4.78, 5) is 3.90. The lowest BCUT2D eigenvalue weighted by Gasteiger charge is -2.05. The van der Waals surface area contributed by atoms with Crippen LogP contribution in [0.5, 0.6) is 0 Å². The van der Waals surface area contributed by atoms with Crippen molar-refractivity contribution in [1.82, 2.24) is 19.6 Å². The van der Waals surface area contributed by atoms with Gasteiger partial charge in [0, 0.05) is 31.5 Å². The van der Waals surface area contributed by atoms with E-state index in [0.29, 0.717) is 24.9 Å². The van der Waals surface area contributed by atoms with Crippen molar-refractivity contribution in [2.45, 2.75) is 37.1 Å². The number of furan rings is 1. The van der Waals surface area contributed by atoms with Gasteiger partial charge in [-0.15, -0.1) is 0 Å². The zero-order valence-corrected chi connectivity index (χ0v) is 12.3. The van der Waals surface area contributed by atoms with Crippen molar-refractivity contribution in [2.24, 2.45) is 0 Å². The molecule has 0 amide bonds. The molecule has 2 aromatic heterocycles. The standard InChI is InChI=1S/C13H18N4O3S/c18-21(19,16-6-8-17-7-5-14-10-17)13-4-3-12(20-13)9-15-11-1-2-11/h3-5,7,10-11,15-16H,1-2,6,8-9H2. The molecule has 1 aliphatic carbocycles. The molecule has 8 heteroatoms. The molecular weight excluding hydrogens is 292 g/mol. The second-order valence-corrected chi connectivity index (χ2v) is 6.77. The van der Waals surface area contributed by atoms with Gasteiger partial charge < -0.3 is 14.3 Å². The molecule has 2 aromatic rings. The Hall–Kier alpha value is -1.64. The van der Waals surface area contributed by atoms with Crippen LogP contribution in [0.25, 0.3) is 0 Å². The maximum atomic E-state index is 12.1. The number of nitrogens with one attached hydrogen (secondary N) is 2. The van der Waals surface area contributed by atoms with Gasteiger partial charge in [-0.25, -0.2) is 18.1 Å². The Labute approximate surface area is 123 Å². The number of hydrogen-bond acceptors (Lipinski definition) is 5. The minimum absolute atomic E-state index is 0.0410. The van der Waals surface area contributed by atoms with Gasteiger partial charge in [-0.3, -0.25) is 0 Å². The first-order valence-corrected chi connectivity index (χ1v) is 8.39. The summed E-state index contributed by atoms with van der Waals surface area (Å²) in [6.07, 6.45) is 7.44. The van der Waals surface area contributed by atoms with E-state index in [1.54, 1.807) is 29.4 Å². The molecule has 0 saturated heterocycles. The molecule has 2 N–H and O–H groups in total. The maximum Gasteiger partial charge on any atom is 0.274 e. The molecule has 0 spiro atoms. The minimum Gasteiger partial charge on any atom is -0.447 e. The molecule has 2 heterocycles. The topological polar surface area (TPSA) is 89.2 Å². The van der Waals surface area contributed by atoms with Crippen LogP contribution in [-0.4, -0.2) is 30.6 Å². The predicted octanol–water partition coefficient (Wildman–Crippen LogP) is 0.707. The van der Waals surface area contributed by atoms with Crippen molar-refractivity contribution in [2.75, 3.05) is 6.54 Å². The molecule has 0 aromatic carbocycles. The van der Waals surface area contributed by atoms with E-state index >= 15 is 0 Å². The van der Waals surface area contributed by atoms with Gasteiger partial charge in [0.25, 0.3) is 10.0 Å². The van der Waals surface area contributed by atoms with Gasteiger partial charge in [0.2, 0.25) is 5.09 Å². The highest BCUT2D eigenvalue weighted by molar-refractivity contribution is 7.89. The Morgan fingerprint density at radius 2 is 2.24 bits per heavy atom. The van der Waals surface area contributed by atoms with Crippen molar-refractivity contribution in [3.05, 3.63) is 36.6 Å². The van der Waals surface area contributed by atoms with Crippen molar-refractivity contribution < 1.29 is 12.8 Å². The van der Waals surface area contributed by atoms with Crippen LogP contribution >= 0.6 is 0 Å². The summed E-state index contributed by atoms with van der Waals surface area (Å²) >= 11 is 0. The minimum atomic E-state index is -3.59. The van der Waals surface area contributed by atoms with Crippen LogP contribution < -0.4 is 10.0 Å². The number of rotatable bonds is 8. The van der Waals surface area contributed by atoms with E-state index in [1.807, 2.05) is 0 Å². The van der Waals surface area contributed by atoms with Gasteiger partial charge in [0.1, 0.15) is 5.76 Å². The summed E-state index contributed by atoms with van der Waals surface area (Å²) in [5.74, 6) is 0.636. The molecule has 0 bridgehead atoms. The van der Waals surface area contributed by atoms with E-state index in [9.17, 15) is 8.42 Å². The summed E-state index contributed by atoms with van der Waals surface area (Å²) in [6, 6.07) is 3.74. The van der Waals surface area contributed by atoms with Crippen molar-refractivity contribution >= 4 is 10.0 Å². The second kappa shape index (κ2) is 6.00. The fraction of sp³-hybridized carbons (Fsp3) is 0.462. The van der Waals surface area contributed by atoms with Crippen LogP contribution in [0.4, 0.5) is 0 Å². The molecule has 21 heavy (non-hydrogen) atoms. The van der Waals surface area contributed by atoms with E-state index in [1.165, 1.54) is 18.9 Å². The molecule has 7 nitrogen and oxygen atoms in total. The van der Waals surface area contributed by atoms with Gasteiger partial charge >= 0.3 is 0 Å². The molecule has 1 saturated carbocycles. The van der Waals surface area contributed by atoms with Crippen LogP contribution in [0.15, 0.2) is 40.4 Å². The van der Waals surface area contributed by atoms with Gasteiger partial charge in [-0.1, -0.05) is 0 Å². The van der Waals surface area contributed by atoms with Crippen LogP contribution in [0.1, 0.15) is 18.6 Å². The smallest absolute Gasteiger partial charge is 0.274 e. The van der Waals surface area contributed by atoms with Crippen molar-refractivity contribution in [1.29, 1.82) is 0 Å². The Morgan fingerprint density at radius 1 is 1.38 bits per heavy atom. The van der Waals surface area contributed by atoms with Gasteiger partial charge in [-0.2, -0.15) is 0 Å². The Bertz CT molecular complexity index is 674. The van der Waals surface area contributed by atoms with Gasteiger partial charge in [0.05, 0.1) is 12.9 Å². The lowest BCUT2D eigenvalue weighted by atomic mass is 10.4. The molecular formula is C13H18N4O3S. The molecule has 1 aliphatic rings. The first kappa shape index (κ1) is 14.3. The monoisotopic (exact) mass is 310 g/mol. The summed E-state index contributed by atoms with van der Waals surface area (Å²) in [5, 5.41) is 3.24. The molecule has 0 atom stereocenters. The van der Waals surface area contributed by atoms with E-state index in [-0.39, 0.29) is 11.6 Å². The summed E-state index contributed by atoms with van der Waals surface area (Å²) in [5.41, 5.74) is 0. The lowest BCUT2D eigenvalue weighted by Crippen LogP contribution is -2.26. The summed E-state index contributed by atoms with van der Waals surface area (Å²) in [7, 11) is -3.59. The normalized spacial score (nSPS) is 15.4. The number of hydrogen-bond donors (Lipinski definition) is 2. The lowest BCUT2D eigenvalue weighted by molar-refractivity contribution is 0.399. The molecule has 0 aliphatic heterocycles. The maximum absolute atomic E-state index is 12.1. The van der Waals surface area contributed by atoms with Gasteiger partial charge in [0.15, 0.2) is 0 Å². The Kier molecular flexibility index (Phi) is 4.09. The number of imidazole rings is 1. The molecule has 1 fully saturated rings. The first-order chi connectivity index (χ1) is 10.1. The third-order valence-electron chi connectivity index (χ3n) is 3.27. The molecule has 0 radical (unpaired) electrons.